The van der Waals surface area contributed by atoms with Gasteiger partial charge in [-0.1, -0.05) is 42.5 Å². The lowest BCUT2D eigenvalue weighted by atomic mass is 10.2. The smallest absolute Gasteiger partial charge is 0.418 e. The van der Waals surface area contributed by atoms with Gasteiger partial charge in [-0.25, -0.2) is 23.7 Å². The quantitative estimate of drug-likeness (QED) is 0.330. The van der Waals surface area contributed by atoms with Crippen LogP contribution in [-0.4, -0.2) is 43.5 Å². The van der Waals surface area contributed by atoms with E-state index in [2.05, 4.69) is 25.0 Å². The molecule has 1 amide bonds. The van der Waals surface area contributed by atoms with Crippen molar-refractivity contribution in [2.45, 2.75) is 6.92 Å². The van der Waals surface area contributed by atoms with Crippen LogP contribution in [0.2, 0.25) is 0 Å². The van der Waals surface area contributed by atoms with Gasteiger partial charge >= 0.3 is 6.09 Å². The van der Waals surface area contributed by atoms with Gasteiger partial charge in [-0.2, -0.15) is 4.98 Å². The van der Waals surface area contributed by atoms with Gasteiger partial charge in [0.1, 0.15) is 17.8 Å². The Kier molecular flexibility index (Phi) is 7.76. The summed E-state index contributed by atoms with van der Waals surface area (Å²) in [4.78, 5) is 24.8. The van der Waals surface area contributed by atoms with Gasteiger partial charge in [0, 0.05) is 17.3 Å². The van der Waals surface area contributed by atoms with Crippen molar-refractivity contribution in [2.24, 2.45) is 0 Å². The Morgan fingerprint density at radius 3 is 2.58 bits per heavy atom. The third-order valence-corrected chi connectivity index (χ3v) is 6.03. The zero-order valence-electron chi connectivity index (χ0n) is 19.8. The lowest BCUT2D eigenvalue weighted by Gasteiger charge is -2.11. The monoisotopic (exact) mass is 503 g/mol. The second-order valence-corrected chi connectivity index (χ2v) is 9.89. The van der Waals surface area contributed by atoms with E-state index in [4.69, 9.17) is 9.47 Å². The maximum absolute atomic E-state index is 12.7. The molecule has 0 aliphatic carbocycles. The molecule has 4 rings (SSSR count). The molecule has 36 heavy (non-hydrogen) atoms. The lowest BCUT2D eigenvalue weighted by Crippen LogP contribution is -2.31. The fraction of sp³-hybridized carbons (Fsp3) is 0.115. The average molecular weight is 504 g/mol. The molecule has 0 radical (unpaired) electrons. The number of benzene rings is 3. The molecule has 0 bridgehead atoms. The summed E-state index contributed by atoms with van der Waals surface area (Å²) in [6.45, 7) is 1.87. The molecule has 3 aromatic carbocycles. The number of nitrogens with zero attached hydrogens (tertiary/aromatic N) is 3. The molecule has 0 aliphatic rings. The molecule has 0 saturated carbocycles. The second kappa shape index (κ2) is 11.3. The summed E-state index contributed by atoms with van der Waals surface area (Å²) in [5, 5.41) is 4.62. The Morgan fingerprint density at radius 1 is 1.00 bits per heavy atom. The van der Waals surface area contributed by atoms with Crippen molar-refractivity contribution in [3.63, 3.8) is 0 Å². The number of amides is 1. The molecule has 2 N–H and O–H groups in total. The van der Waals surface area contributed by atoms with E-state index in [0.29, 0.717) is 40.1 Å². The predicted molar refractivity (Wildman–Crippen MR) is 141 cm³/mol. The molecule has 1 atom stereocenters. The van der Waals surface area contributed by atoms with Crippen LogP contribution >= 0.6 is 0 Å². The predicted octanol–water partition coefficient (Wildman–Crippen LogP) is 4.80. The highest BCUT2D eigenvalue weighted by Gasteiger charge is 2.12. The number of anilines is 2. The van der Waals surface area contributed by atoms with Gasteiger partial charge in [-0.15, -0.1) is 0 Å². The van der Waals surface area contributed by atoms with Gasteiger partial charge in [0.25, 0.3) is 0 Å². The Balaban J connectivity index is 1.55. The molecule has 0 spiro atoms. The Hall–Kier alpha value is -4.44. The van der Waals surface area contributed by atoms with Crippen molar-refractivity contribution in [1.82, 2.24) is 19.7 Å². The van der Waals surface area contributed by atoms with Crippen LogP contribution in [0.25, 0.3) is 11.4 Å². The highest BCUT2D eigenvalue weighted by atomic mass is 32.2. The third-order valence-electron chi connectivity index (χ3n) is 4.74. The Morgan fingerprint density at radius 2 is 1.78 bits per heavy atom. The number of carbonyl (C=O) groups excluding carboxylic acids is 1. The minimum Gasteiger partial charge on any atom is -0.457 e. The zero-order valence-corrected chi connectivity index (χ0v) is 20.6. The van der Waals surface area contributed by atoms with Gasteiger partial charge in [0.2, 0.25) is 5.95 Å². The number of hydrogen-bond donors (Lipinski definition) is 2. The molecule has 9 nitrogen and oxygen atoms in total. The van der Waals surface area contributed by atoms with Crippen LogP contribution in [0.1, 0.15) is 12.5 Å². The van der Waals surface area contributed by atoms with Crippen LogP contribution in [0, 0.1) is 0 Å². The van der Waals surface area contributed by atoms with Gasteiger partial charge in [-0.05, 0) is 48.9 Å². The zero-order chi connectivity index (χ0) is 25.4. The maximum Gasteiger partial charge on any atom is 0.418 e. The second-order valence-electron chi connectivity index (χ2n) is 7.64. The molecular weight excluding hydrogens is 478 g/mol. The molecular formula is C26H25N5O4S. The minimum atomic E-state index is -2.80. The highest BCUT2D eigenvalue weighted by Crippen LogP contribution is 2.31. The molecule has 4 aromatic rings. The van der Waals surface area contributed by atoms with Crippen molar-refractivity contribution in [3.8, 4) is 22.9 Å². The first-order chi connectivity index (χ1) is 17.4. The van der Waals surface area contributed by atoms with Gasteiger partial charge in [0.05, 0.1) is 21.9 Å². The fourth-order valence-corrected chi connectivity index (χ4v) is 4.39. The third kappa shape index (κ3) is 6.80. The summed E-state index contributed by atoms with van der Waals surface area (Å²) in [5.41, 5.74) is 2.02. The topological polar surface area (TPSA) is 115 Å². The molecule has 184 valence electrons. The van der Waals surface area contributed by atoms with Crippen LogP contribution in [0.15, 0.2) is 85.2 Å². The Bertz CT molecular complexity index is 1470. The number of carbonyl (C=O) groups is 1. The van der Waals surface area contributed by atoms with Crippen LogP contribution in [-0.2, 0) is 14.4 Å². The number of hydrogen-bond acceptors (Lipinski definition) is 8. The van der Waals surface area contributed by atoms with E-state index in [9.17, 15) is 9.00 Å². The summed E-state index contributed by atoms with van der Waals surface area (Å²) in [6.07, 6.45) is 2.11. The molecule has 0 aliphatic heterocycles. The first-order valence-corrected chi connectivity index (χ1v) is 13.1. The molecule has 0 saturated heterocycles. The number of nitrogens with one attached hydrogen (secondary N) is 2. The molecule has 0 fully saturated rings. The van der Waals surface area contributed by atoms with E-state index < -0.39 is 15.8 Å². The van der Waals surface area contributed by atoms with Crippen LogP contribution in [0.4, 0.5) is 16.4 Å². The van der Waals surface area contributed by atoms with E-state index in [1.54, 1.807) is 25.1 Å². The van der Waals surface area contributed by atoms with Gasteiger partial charge < -0.3 is 14.8 Å². The molecule has 1 aromatic heterocycles. The standard InChI is InChI=1S/C26H25N5O4S/c1-3-34-26(32)31-36(2,33)17-19-10-9-11-20(16-19)29-25-28-18-27-24(30-25)22-14-7-8-15-23(22)35-21-12-5-4-6-13-21/h4-18H,3H2,1-2H3,(H,31,32,33)(H,27,28,29,30). The van der Waals surface area contributed by atoms with Crippen LogP contribution in [0.3, 0.4) is 0 Å². The largest absolute Gasteiger partial charge is 0.457 e. The summed E-state index contributed by atoms with van der Waals surface area (Å²) in [7, 11) is -2.80. The van der Waals surface area contributed by atoms with E-state index in [-0.39, 0.29) is 6.61 Å². The minimum absolute atomic E-state index is 0.192. The van der Waals surface area contributed by atoms with Gasteiger partial charge in [0.15, 0.2) is 5.82 Å². The van der Waals surface area contributed by atoms with E-state index in [0.717, 1.165) is 0 Å². The van der Waals surface area contributed by atoms with E-state index >= 15 is 0 Å². The highest BCUT2D eigenvalue weighted by molar-refractivity contribution is 7.99. The maximum atomic E-state index is 12.7. The number of aromatic nitrogens is 3. The SMILES string of the molecule is CCOC(=O)NS(C)(=O)=Cc1cccc(Nc2ncnc(-c3ccccc3Oc3ccccc3)n2)c1. The average Bonchev–Trinajstić information content (AvgIpc) is 2.85. The first-order valence-electron chi connectivity index (χ1n) is 11.1. The Labute approximate surface area is 209 Å². The van der Waals surface area contributed by atoms with E-state index in [1.807, 2.05) is 60.7 Å². The van der Waals surface area contributed by atoms with Crippen LogP contribution in [0.5, 0.6) is 11.5 Å². The lowest BCUT2D eigenvalue weighted by molar-refractivity contribution is 0.159. The van der Waals surface area contributed by atoms with Crippen molar-refractivity contribution in [3.05, 3.63) is 90.8 Å². The number of ether oxygens (including phenoxy) is 2. The van der Waals surface area contributed by atoms with E-state index in [1.165, 1.54) is 18.0 Å². The summed E-state index contributed by atoms with van der Waals surface area (Å²) >= 11 is 0. The first kappa shape index (κ1) is 24.7. The van der Waals surface area contributed by atoms with Crippen LogP contribution < -0.4 is 14.8 Å². The summed E-state index contributed by atoms with van der Waals surface area (Å²) in [6, 6.07) is 24.1. The van der Waals surface area contributed by atoms with Gasteiger partial charge in [-0.3, -0.25) is 0 Å². The molecule has 10 heteroatoms. The fourth-order valence-electron chi connectivity index (χ4n) is 3.28. The normalized spacial score (nSPS) is 12.2. The van der Waals surface area contributed by atoms with Crippen molar-refractivity contribution < 1.29 is 18.5 Å². The molecule has 1 unspecified atom stereocenters. The molecule has 1 heterocycles. The van der Waals surface area contributed by atoms with Crippen molar-refractivity contribution in [2.75, 3.05) is 18.2 Å². The summed E-state index contributed by atoms with van der Waals surface area (Å²) < 4.78 is 26.0. The van der Waals surface area contributed by atoms with Crippen molar-refractivity contribution >= 4 is 32.8 Å². The number of rotatable bonds is 8. The number of para-hydroxylation sites is 2. The summed E-state index contributed by atoms with van der Waals surface area (Å²) in [5.74, 6) is 2.09. The van der Waals surface area contributed by atoms with Crippen molar-refractivity contribution in [1.29, 1.82) is 0 Å².